The van der Waals surface area contributed by atoms with E-state index >= 15 is 0 Å². The Bertz CT molecular complexity index is 516. The molecule has 6 nitrogen and oxygen atoms in total. The SMILES string of the molecule is CCOCCC1(CNC(=NCC(=O)N(C)C)NC2CC3CCC2C3)CC1. The summed E-state index contributed by atoms with van der Waals surface area (Å²) in [6.45, 7) is 4.79. The molecule has 0 heterocycles. The Balaban J connectivity index is 1.54. The van der Waals surface area contributed by atoms with Crippen molar-refractivity contribution in [2.24, 2.45) is 22.2 Å². The van der Waals surface area contributed by atoms with E-state index < -0.39 is 0 Å². The minimum atomic E-state index is 0.0384. The summed E-state index contributed by atoms with van der Waals surface area (Å²) in [5, 5.41) is 7.19. The van der Waals surface area contributed by atoms with Crippen molar-refractivity contribution >= 4 is 11.9 Å². The van der Waals surface area contributed by atoms with Crippen LogP contribution >= 0.6 is 0 Å². The lowest BCUT2D eigenvalue weighted by molar-refractivity contribution is -0.127. The molecule has 26 heavy (non-hydrogen) atoms. The van der Waals surface area contributed by atoms with Gasteiger partial charge >= 0.3 is 0 Å². The van der Waals surface area contributed by atoms with Gasteiger partial charge in [0.25, 0.3) is 0 Å². The molecule has 3 rings (SSSR count). The molecule has 0 aliphatic heterocycles. The number of carbonyl (C=O) groups is 1. The Labute approximate surface area is 158 Å². The van der Waals surface area contributed by atoms with Crippen LogP contribution in [0.4, 0.5) is 0 Å². The third-order valence-electron chi connectivity index (χ3n) is 6.50. The van der Waals surface area contributed by atoms with Gasteiger partial charge < -0.3 is 20.3 Å². The monoisotopic (exact) mass is 364 g/mol. The van der Waals surface area contributed by atoms with Crippen molar-refractivity contribution in [2.75, 3.05) is 40.4 Å². The molecule has 148 valence electrons. The average Bonchev–Trinajstić information content (AvgIpc) is 3.07. The van der Waals surface area contributed by atoms with Crippen LogP contribution in [0.2, 0.25) is 0 Å². The molecule has 0 spiro atoms. The number of hydrogen-bond donors (Lipinski definition) is 2. The number of likely N-dealkylation sites (N-methyl/N-ethyl adjacent to an activating group) is 1. The fraction of sp³-hybridized carbons (Fsp3) is 0.900. The highest BCUT2D eigenvalue weighted by Crippen LogP contribution is 2.48. The lowest BCUT2D eigenvalue weighted by Crippen LogP contribution is -2.47. The smallest absolute Gasteiger partial charge is 0.243 e. The fourth-order valence-electron chi connectivity index (χ4n) is 4.43. The Morgan fingerprint density at radius 1 is 1.27 bits per heavy atom. The summed E-state index contributed by atoms with van der Waals surface area (Å²) in [7, 11) is 3.56. The van der Waals surface area contributed by atoms with Crippen molar-refractivity contribution < 1.29 is 9.53 Å². The van der Waals surface area contributed by atoms with Gasteiger partial charge in [-0.3, -0.25) is 4.79 Å². The third kappa shape index (κ3) is 5.12. The van der Waals surface area contributed by atoms with Crippen LogP contribution in [0.3, 0.4) is 0 Å². The van der Waals surface area contributed by atoms with Gasteiger partial charge in [-0.2, -0.15) is 0 Å². The van der Waals surface area contributed by atoms with Crippen molar-refractivity contribution in [3.63, 3.8) is 0 Å². The zero-order valence-electron chi connectivity index (χ0n) is 16.7. The lowest BCUT2D eigenvalue weighted by atomic mass is 9.95. The molecule has 2 N–H and O–H groups in total. The molecule has 2 bridgehead atoms. The van der Waals surface area contributed by atoms with Gasteiger partial charge in [0, 0.05) is 39.9 Å². The number of ether oxygens (including phenoxy) is 1. The largest absolute Gasteiger partial charge is 0.382 e. The van der Waals surface area contributed by atoms with Crippen molar-refractivity contribution in [1.29, 1.82) is 0 Å². The Morgan fingerprint density at radius 2 is 2.08 bits per heavy atom. The number of rotatable bonds is 9. The molecule has 3 saturated carbocycles. The standard InChI is InChI=1S/C20H36N4O2/c1-4-26-10-9-20(7-8-20)14-22-19(21-13-18(25)24(2)3)23-17-12-15-5-6-16(17)11-15/h15-17H,4-14H2,1-3H3,(H2,21,22,23). The minimum absolute atomic E-state index is 0.0384. The van der Waals surface area contributed by atoms with Crippen LogP contribution in [-0.4, -0.2) is 63.2 Å². The van der Waals surface area contributed by atoms with E-state index in [9.17, 15) is 4.79 Å². The number of fused-ring (bicyclic) bond motifs is 2. The number of nitrogens with zero attached hydrogens (tertiary/aromatic N) is 2. The maximum Gasteiger partial charge on any atom is 0.243 e. The van der Waals surface area contributed by atoms with Crippen LogP contribution in [0, 0.1) is 17.3 Å². The lowest BCUT2D eigenvalue weighted by Gasteiger charge is -2.26. The van der Waals surface area contributed by atoms with E-state index in [0.717, 1.165) is 44.0 Å². The number of hydrogen-bond acceptors (Lipinski definition) is 3. The molecule has 1 amide bonds. The predicted molar refractivity (Wildman–Crippen MR) is 104 cm³/mol. The number of aliphatic imine (C=N–C) groups is 1. The normalized spacial score (nSPS) is 28.9. The zero-order chi connectivity index (χ0) is 18.6. The van der Waals surface area contributed by atoms with Crippen molar-refractivity contribution in [3.05, 3.63) is 0 Å². The van der Waals surface area contributed by atoms with Gasteiger partial charge in [-0.1, -0.05) is 6.42 Å². The van der Waals surface area contributed by atoms with Crippen LogP contribution in [-0.2, 0) is 9.53 Å². The van der Waals surface area contributed by atoms with Gasteiger partial charge in [-0.05, 0) is 62.7 Å². The van der Waals surface area contributed by atoms with E-state index in [1.165, 1.54) is 38.5 Å². The van der Waals surface area contributed by atoms with E-state index in [2.05, 4.69) is 15.6 Å². The maximum absolute atomic E-state index is 11.9. The average molecular weight is 365 g/mol. The molecule has 3 atom stereocenters. The highest BCUT2D eigenvalue weighted by molar-refractivity contribution is 5.85. The summed E-state index contributed by atoms with van der Waals surface area (Å²) >= 11 is 0. The van der Waals surface area contributed by atoms with Crippen molar-refractivity contribution in [1.82, 2.24) is 15.5 Å². The van der Waals surface area contributed by atoms with Gasteiger partial charge in [0.15, 0.2) is 5.96 Å². The van der Waals surface area contributed by atoms with Crippen LogP contribution in [0.25, 0.3) is 0 Å². The predicted octanol–water partition coefficient (Wildman–Crippen LogP) is 2.01. The van der Waals surface area contributed by atoms with E-state index in [4.69, 9.17) is 4.74 Å². The number of guanidine groups is 1. The Morgan fingerprint density at radius 3 is 2.65 bits per heavy atom. The summed E-state index contributed by atoms with van der Waals surface area (Å²) < 4.78 is 5.54. The molecule has 3 unspecified atom stereocenters. The molecule has 0 saturated heterocycles. The number of carbonyl (C=O) groups excluding carboxylic acids is 1. The van der Waals surface area contributed by atoms with Gasteiger partial charge in [0.1, 0.15) is 6.54 Å². The first kappa shape index (κ1) is 19.5. The van der Waals surface area contributed by atoms with Crippen LogP contribution in [0.15, 0.2) is 4.99 Å². The molecule has 6 heteroatoms. The van der Waals surface area contributed by atoms with Crippen molar-refractivity contribution in [2.45, 2.75) is 57.9 Å². The second kappa shape index (κ2) is 8.59. The maximum atomic E-state index is 11.9. The number of amides is 1. The number of nitrogens with one attached hydrogen (secondary N) is 2. The molecular formula is C20H36N4O2. The zero-order valence-corrected chi connectivity index (χ0v) is 16.7. The highest BCUT2D eigenvalue weighted by atomic mass is 16.5. The summed E-state index contributed by atoms with van der Waals surface area (Å²) in [6.07, 6.45) is 8.96. The van der Waals surface area contributed by atoms with E-state index in [-0.39, 0.29) is 12.5 Å². The van der Waals surface area contributed by atoms with Crippen LogP contribution < -0.4 is 10.6 Å². The minimum Gasteiger partial charge on any atom is -0.382 e. The highest BCUT2D eigenvalue weighted by Gasteiger charge is 2.43. The molecule has 3 aliphatic rings. The van der Waals surface area contributed by atoms with Gasteiger partial charge in [0.2, 0.25) is 5.91 Å². The van der Waals surface area contributed by atoms with Crippen molar-refractivity contribution in [3.8, 4) is 0 Å². The second-order valence-corrected chi connectivity index (χ2v) is 8.68. The molecule has 0 radical (unpaired) electrons. The third-order valence-corrected chi connectivity index (χ3v) is 6.50. The van der Waals surface area contributed by atoms with Gasteiger partial charge in [-0.15, -0.1) is 0 Å². The molecular weight excluding hydrogens is 328 g/mol. The summed E-state index contributed by atoms with van der Waals surface area (Å²) in [6, 6.07) is 0.521. The topological polar surface area (TPSA) is 66.0 Å². The molecule has 3 fully saturated rings. The molecule has 0 aromatic carbocycles. The van der Waals surface area contributed by atoms with E-state index in [1.807, 2.05) is 6.92 Å². The molecule has 0 aromatic rings. The Hall–Kier alpha value is -1.30. The van der Waals surface area contributed by atoms with E-state index in [1.54, 1.807) is 19.0 Å². The summed E-state index contributed by atoms with van der Waals surface area (Å²) in [4.78, 5) is 18.1. The second-order valence-electron chi connectivity index (χ2n) is 8.68. The quantitative estimate of drug-likeness (QED) is 0.373. The molecule has 0 aromatic heterocycles. The first-order valence-corrected chi connectivity index (χ1v) is 10.3. The summed E-state index contributed by atoms with van der Waals surface area (Å²) in [5.74, 6) is 2.53. The van der Waals surface area contributed by atoms with E-state index in [0.29, 0.717) is 11.5 Å². The first-order chi connectivity index (χ1) is 12.5. The van der Waals surface area contributed by atoms with Crippen LogP contribution in [0.1, 0.15) is 51.9 Å². The first-order valence-electron chi connectivity index (χ1n) is 10.3. The summed E-state index contributed by atoms with van der Waals surface area (Å²) in [5.41, 5.74) is 0.359. The molecule has 3 aliphatic carbocycles. The van der Waals surface area contributed by atoms with Crippen LogP contribution in [0.5, 0.6) is 0 Å². The van der Waals surface area contributed by atoms with Gasteiger partial charge in [0.05, 0.1) is 0 Å². The van der Waals surface area contributed by atoms with Gasteiger partial charge in [-0.25, -0.2) is 4.99 Å². The Kier molecular flexibility index (Phi) is 6.43. The fourth-order valence-corrected chi connectivity index (χ4v) is 4.43.